The molecule has 1 atom stereocenters. The number of carbonyl (C=O) groups is 2. The molecule has 0 spiro atoms. The van der Waals surface area contributed by atoms with Crippen LogP contribution in [0.1, 0.15) is 23.7 Å². The van der Waals surface area contributed by atoms with E-state index in [1.807, 2.05) is 12.1 Å². The number of hydrogen-bond acceptors (Lipinski definition) is 4. The van der Waals surface area contributed by atoms with Crippen molar-refractivity contribution in [3.05, 3.63) is 53.3 Å². The van der Waals surface area contributed by atoms with Gasteiger partial charge in [-0.15, -0.1) is 0 Å². The van der Waals surface area contributed by atoms with E-state index < -0.39 is 30.4 Å². The minimum atomic E-state index is -2.46. The van der Waals surface area contributed by atoms with Gasteiger partial charge in [-0.2, -0.15) is 5.10 Å². The van der Waals surface area contributed by atoms with Gasteiger partial charge >= 0.3 is 6.03 Å². The summed E-state index contributed by atoms with van der Waals surface area (Å²) in [4.78, 5) is 23.5. The molecule has 3 rings (SSSR count). The number of amides is 3. The first kappa shape index (κ1) is 18.0. The Balaban J connectivity index is 1.64. The van der Waals surface area contributed by atoms with Crippen molar-refractivity contribution >= 4 is 11.9 Å². The number of urea groups is 1. The molecule has 1 aliphatic rings. The number of imide groups is 1. The third-order valence-electron chi connectivity index (χ3n) is 4.30. The Morgan fingerprint density at radius 3 is 2.77 bits per heavy atom. The summed E-state index contributed by atoms with van der Waals surface area (Å²) in [5.41, 5.74) is 1.12. The molecule has 1 unspecified atom stereocenters. The summed E-state index contributed by atoms with van der Waals surface area (Å²) in [7, 11) is 0. The first-order valence-electron chi connectivity index (χ1n) is 8.11. The number of halogens is 2. The highest BCUT2D eigenvalue weighted by Crippen LogP contribution is 2.25. The molecule has 1 aromatic heterocycles. The molecule has 0 radical (unpaired) electrons. The monoisotopic (exact) mass is 363 g/mol. The maximum atomic E-state index is 12.5. The van der Waals surface area contributed by atoms with Crippen molar-refractivity contribution in [3.8, 4) is 0 Å². The number of nitrogens with zero attached hydrogens (tertiary/aromatic N) is 2. The first-order valence-corrected chi connectivity index (χ1v) is 8.11. The van der Waals surface area contributed by atoms with Gasteiger partial charge in [-0.05, 0) is 24.1 Å². The zero-order chi connectivity index (χ0) is 18.7. The van der Waals surface area contributed by atoms with Crippen LogP contribution >= 0.6 is 0 Å². The number of nitrogens with one attached hydrogen (secondary N) is 3. The van der Waals surface area contributed by atoms with Crippen molar-refractivity contribution in [2.75, 3.05) is 0 Å². The molecule has 3 N–H and O–H groups in total. The normalized spacial score (nSPS) is 19.7. The average Bonchev–Trinajstić information content (AvgIpc) is 3.12. The zero-order valence-electron chi connectivity index (χ0n) is 14.1. The lowest BCUT2D eigenvalue weighted by molar-refractivity contribution is -0.123. The Hall–Kier alpha value is -2.81. The molecule has 2 heterocycles. The second-order valence-electron chi connectivity index (χ2n) is 6.23. The van der Waals surface area contributed by atoms with E-state index in [2.05, 4.69) is 21.0 Å². The van der Waals surface area contributed by atoms with E-state index in [4.69, 9.17) is 0 Å². The van der Waals surface area contributed by atoms with Crippen LogP contribution in [0.15, 0.2) is 36.5 Å². The summed E-state index contributed by atoms with van der Waals surface area (Å²) < 4.78 is 26.3. The van der Waals surface area contributed by atoms with Gasteiger partial charge in [-0.25, -0.2) is 13.6 Å². The van der Waals surface area contributed by atoms with Crippen LogP contribution in [-0.4, -0.2) is 28.1 Å². The summed E-state index contributed by atoms with van der Waals surface area (Å²) >= 11 is 0. The molecule has 0 aliphatic carbocycles. The Morgan fingerprint density at radius 1 is 1.27 bits per heavy atom. The minimum absolute atomic E-state index is 0.380. The molecule has 26 heavy (non-hydrogen) atoms. The van der Waals surface area contributed by atoms with Crippen LogP contribution in [0.2, 0.25) is 0 Å². The highest BCUT2D eigenvalue weighted by atomic mass is 19.3. The lowest BCUT2D eigenvalue weighted by Crippen LogP contribution is -2.40. The van der Waals surface area contributed by atoms with E-state index in [1.165, 1.54) is 10.9 Å². The van der Waals surface area contributed by atoms with Crippen LogP contribution in [0, 0.1) is 0 Å². The van der Waals surface area contributed by atoms with E-state index in [0.29, 0.717) is 24.3 Å². The standard InChI is InChI=1S/C17H19F2N5O2/c1-17(15(25)22-16(26)23-17)12-4-2-3-11(7-12)8-20-9-13-5-6-21-24(13)10-14(18)19/h2-7,14,20H,8-10H2,1H3,(H2,22,23,25,26). The molecule has 0 saturated carbocycles. The smallest absolute Gasteiger partial charge is 0.320 e. The maximum Gasteiger partial charge on any atom is 0.322 e. The Labute approximate surface area is 148 Å². The van der Waals surface area contributed by atoms with Crippen LogP contribution in [0.25, 0.3) is 0 Å². The second-order valence-corrected chi connectivity index (χ2v) is 6.23. The predicted octanol–water partition coefficient (Wildman–Crippen LogP) is 1.49. The van der Waals surface area contributed by atoms with Gasteiger partial charge < -0.3 is 10.6 Å². The Morgan fingerprint density at radius 2 is 2.08 bits per heavy atom. The molecule has 138 valence electrons. The average molecular weight is 363 g/mol. The summed E-state index contributed by atoms with van der Waals surface area (Å²) in [6.07, 6.45) is -0.971. The quantitative estimate of drug-likeness (QED) is 0.651. The molecular formula is C17H19F2N5O2. The van der Waals surface area contributed by atoms with Crippen LogP contribution in [0.4, 0.5) is 13.6 Å². The van der Waals surface area contributed by atoms with Crippen molar-refractivity contribution in [3.63, 3.8) is 0 Å². The minimum Gasteiger partial charge on any atom is -0.320 e. The molecule has 1 aromatic carbocycles. The highest BCUT2D eigenvalue weighted by Gasteiger charge is 2.43. The topological polar surface area (TPSA) is 88.1 Å². The van der Waals surface area contributed by atoms with Crippen molar-refractivity contribution < 1.29 is 18.4 Å². The van der Waals surface area contributed by atoms with Gasteiger partial charge in [0.15, 0.2) is 0 Å². The molecule has 0 bridgehead atoms. The number of rotatable bonds is 7. The number of benzene rings is 1. The number of aromatic nitrogens is 2. The van der Waals surface area contributed by atoms with E-state index in [-0.39, 0.29) is 0 Å². The Bertz CT molecular complexity index is 823. The molecular weight excluding hydrogens is 344 g/mol. The van der Waals surface area contributed by atoms with Crippen LogP contribution in [-0.2, 0) is 30.0 Å². The van der Waals surface area contributed by atoms with Crippen molar-refractivity contribution in [2.24, 2.45) is 0 Å². The lowest BCUT2D eigenvalue weighted by atomic mass is 9.91. The fraction of sp³-hybridized carbons (Fsp3) is 0.353. The summed E-state index contributed by atoms with van der Waals surface area (Å²) in [5, 5.41) is 11.9. The number of hydrogen-bond donors (Lipinski definition) is 3. The molecule has 2 aromatic rings. The van der Waals surface area contributed by atoms with Gasteiger partial charge in [0.25, 0.3) is 12.3 Å². The molecule has 1 fully saturated rings. The lowest BCUT2D eigenvalue weighted by Gasteiger charge is -2.21. The summed E-state index contributed by atoms with van der Waals surface area (Å²) in [5.74, 6) is -0.400. The first-order chi connectivity index (χ1) is 12.4. The van der Waals surface area contributed by atoms with E-state index in [9.17, 15) is 18.4 Å². The maximum absolute atomic E-state index is 12.5. The summed E-state index contributed by atoms with van der Waals surface area (Å²) in [6.45, 7) is 2.06. The molecule has 3 amide bonds. The van der Waals surface area contributed by atoms with E-state index in [0.717, 1.165) is 5.56 Å². The third-order valence-corrected chi connectivity index (χ3v) is 4.30. The van der Waals surface area contributed by atoms with Gasteiger partial charge in [-0.3, -0.25) is 14.8 Å². The van der Waals surface area contributed by atoms with Crippen LogP contribution in [0.3, 0.4) is 0 Å². The largest absolute Gasteiger partial charge is 0.322 e. The van der Waals surface area contributed by atoms with Gasteiger partial charge in [0, 0.05) is 19.3 Å². The number of carbonyl (C=O) groups excluding carboxylic acids is 2. The second kappa shape index (κ2) is 7.20. The van der Waals surface area contributed by atoms with Gasteiger partial charge in [0.1, 0.15) is 12.1 Å². The third kappa shape index (κ3) is 3.72. The van der Waals surface area contributed by atoms with Gasteiger partial charge in [0.2, 0.25) is 0 Å². The fourth-order valence-electron chi connectivity index (χ4n) is 2.88. The molecule has 7 nitrogen and oxygen atoms in total. The SMILES string of the molecule is CC1(c2cccc(CNCc3ccnn3CC(F)F)c2)NC(=O)NC1=O. The molecule has 1 saturated heterocycles. The fourth-order valence-corrected chi connectivity index (χ4v) is 2.88. The predicted molar refractivity (Wildman–Crippen MR) is 89.2 cm³/mol. The zero-order valence-corrected chi connectivity index (χ0v) is 14.1. The molecule has 9 heteroatoms. The summed E-state index contributed by atoms with van der Waals surface area (Å²) in [6, 6.07) is 8.45. The van der Waals surface area contributed by atoms with Crippen molar-refractivity contribution in [1.29, 1.82) is 0 Å². The van der Waals surface area contributed by atoms with Crippen molar-refractivity contribution in [1.82, 2.24) is 25.7 Å². The van der Waals surface area contributed by atoms with Gasteiger partial charge in [0.05, 0.1) is 5.69 Å². The van der Waals surface area contributed by atoms with E-state index >= 15 is 0 Å². The van der Waals surface area contributed by atoms with Crippen molar-refractivity contribution in [2.45, 2.75) is 38.5 Å². The van der Waals surface area contributed by atoms with Crippen LogP contribution in [0.5, 0.6) is 0 Å². The number of alkyl halides is 2. The van der Waals surface area contributed by atoms with Gasteiger partial charge in [-0.1, -0.05) is 24.3 Å². The van der Waals surface area contributed by atoms with E-state index in [1.54, 1.807) is 25.1 Å². The van der Waals surface area contributed by atoms with Crippen LogP contribution < -0.4 is 16.0 Å². The highest BCUT2D eigenvalue weighted by molar-refractivity contribution is 6.07. The molecule has 1 aliphatic heterocycles. The Kier molecular flexibility index (Phi) is 4.99.